The van der Waals surface area contributed by atoms with Crippen LogP contribution in [0.15, 0.2) is 6.07 Å². The largest absolute Gasteiger partial charge is 0.479 e. The average Bonchev–Trinajstić information content (AvgIpc) is 2.66. The zero-order chi connectivity index (χ0) is 13.1. The summed E-state index contributed by atoms with van der Waals surface area (Å²) >= 11 is 1.06. The molecular weight excluding hydrogens is 254 g/mol. The Morgan fingerprint density at radius 3 is 2.83 bits per heavy atom. The lowest BCUT2D eigenvalue weighted by molar-refractivity contribution is -0.385. The third kappa shape index (κ3) is 2.87. The van der Waals surface area contributed by atoms with Gasteiger partial charge < -0.3 is 4.74 Å². The lowest BCUT2D eigenvalue weighted by atomic mass is 9.83. The Balaban J connectivity index is 2.00. The predicted octanol–water partition coefficient (Wildman–Crippen LogP) is 3.43. The van der Waals surface area contributed by atoms with E-state index in [1.54, 1.807) is 0 Å². The molecule has 18 heavy (non-hydrogen) atoms. The van der Waals surface area contributed by atoms with E-state index in [0.717, 1.165) is 17.8 Å². The van der Waals surface area contributed by atoms with Gasteiger partial charge in [0, 0.05) is 6.07 Å². The number of ketones is 1. The molecule has 0 radical (unpaired) electrons. The molecular formula is C12H15NO4S. The van der Waals surface area contributed by atoms with Gasteiger partial charge in [0.15, 0.2) is 5.78 Å². The van der Waals surface area contributed by atoms with Crippen LogP contribution in [0.25, 0.3) is 0 Å². The third-order valence-electron chi connectivity index (χ3n) is 3.21. The Kier molecular flexibility index (Phi) is 3.96. The first-order valence-electron chi connectivity index (χ1n) is 6.00. The highest BCUT2D eigenvalue weighted by Gasteiger charge is 2.23. The SMILES string of the molecule is CC(=O)c1cc([N+](=O)[O-])c(OCCC2CCC2)s1. The van der Waals surface area contributed by atoms with E-state index in [4.69, 9.17) is 4.74 Å². The molecule has 0 aliphatic heterocycles. The second kappa shape index (κ2) is 5.48. The van der Waals surface area contributed by atoms with Gasteiger partial charge in [-0.05, 0) is 19.3 Å². The van der Waals surface area contributed by atoms with Gasteiger partial charge in [-0.15, -0.1) is 0 Å². The second-order valence-corrected chi connectivity index (χ2v) is 5.55. The first-order valence-corrected chi connectivity index (χ1v) is 6.81. The summed E-state index contributed by atoms with van der Waals surface area (Å²) in [7, 11) is 0. The lowest BCUT2D eigenvalue weighted by Crippen LogP contribution is -2.14. The molecule has 1 heterocycles. The van der Waals surface area contributed by atoms with Crippen molar-refractivity contribution in [1.82, 2.24) is 0 Å². The minimum Gasteiger partial charge on any atom is -0.479 e. The quantitative estimate of drug-likeness (QED) is 0.450. The van der Waals surface area contributed by atoms with Crippen molar-refractivity contribution in [2.75, 3.05) is 6.61 Å². The molecule has 2 rings (SSSR count). The van der Waals surface area contributed by atoms with Gasteiger partial charge in [0.05, 0.1) is 16.4 Å². The van der Waals surface area contributed by atoms with Crippen molar-refractivity contribution in [2.24, 2.45) is 5.92 Å². The first-order chi connectivity index (χ1) is 8.58. The summed E-state index contributed by atoms with van der Waals surface area (Å²) in [4.78, 5) is 21.9. The van der Waals surface area contributed by atoms with Gasteiger partial charge >= 0.3 is 5.69 Å². The normalized spacial score (nSPS) is 15.2. The van der Waals surface area contributed by atoms with Crippen molar-refractivity contribution in [3.63, 3.8) is 0 Å². The van der Waals surface area contributed by atoms with Crippen molar-refractivity contribution in [2.45, 2.75) is 32.6 Å². The van der Waals surface area contributed by atoms with Crippen molar-refractivity contribution >= 4 is 22.8 Å². The van der Waals surface area contributed by atoms with Gasteiger partial charge in [0.2, 0.25) is 0 Å². The molecule has 0 amide bonds. The van der Waals surface area contributed by atoms with Gasteiger partial charge in [-0.3, -0.25) is 14.9 Å². The molecule has 0 N–H and O–H groups in total. The fourth-order valence-electron chi connectivity index (χ4n) is 1.87. The fraction of sp³-hybridized carbons (Fsp3) is 0.583. The maximum Gasteiger partial charge on any atom is 0.323 e. The molecule has 0 aromatic carbocycles. The predicted molar refractivity (Wildman–Crippen MR) is 68.4 cm³/mol. The summed E-state index contributed by atoms with van der Waals surface area (Å²) < 4.78 is 5.46. The number of carbonyl (C=O) groups excluding carboxylic acids is 1. The summed E-state index contributed by atoms with van der Waals surface area (Å²) in [5.41, 5.74) is -0.0983. The number of ether oxygens (including phenoxy) is 1. The number of thiophene rings is 1. The second-order valence-electron chi connectivity index (χ2n) is 4.53. The number of nitrogens with zero attached hydrogens (tertiary/aromatic N) is 1. The molecule has 0 spiro atoms. The van der Waals surface area contributed by atoms with Crippen LogP contribution in [0.4, 0.5) is 5.69 Å². The van der Waals surface area contributed by atoms with Crippen LogP contribution in [-0.4, -0.2) is 17.3 Å². The van der Waals surface area contributed by atoms with Crippen molar-refractivity contribution < 1.29 is 14.5 Å². The Morgan fingerprint density at radius 1 is 1.61 bits per heavy atom. The average molecular weight is 269 g/mol. The molecule has 1 aromatic heterocycles. The van der Waals surface area contributed by atoms with Gasteiger partial charge in [0.25, 0.3) is 5.06 Å². The Labute approximate surface area is 109 Å². The maximum absolute atomic E-state index is 11.2. The highest BCUT2D eigenvalue weighted by Crippen LogP contribution is 2.38. The summed E-state index contributed by atoms with van der Waals surface area (Å²) in [6.45, 7) is 1.89. The van der Waals surface area contributed by atoms with Crippen LogP contribution in [0.2, 0.25) is 0 Å². The zero-order valence-electron chi connectivity index (χ0n) is 10.2. The summed E-state index contributed by atoms with van der Waals surface area (Å²) in [5, 5.41) is 11.1. The molecule has 1 fully saturated rings. The zero-order valence-corrected chi connectivity index (χ0v) is 11.0. The van der Waals surface area contributed by atoms with E-state index in [1.807, 2.05) is 0 Å². The first kappa shape index (κ1) is 13.0. The number of hydrogen-bond donors (Lipinski definition) is 0. The topological polar surface area (TPSA) is 69.4 Å². The molecule has 1 saturated carbocycles. The standard InChI is InChI=1S/C12H15NO4S/c1-8(14)11-7-10(13(15)16)12(18-11)17-6-5-9-3-2-4-9/h7,9H,2-6H2,1H3. The molecule has 1 aliphatic carbocycles. The highest BCUT2D eigenvalue weighted by molar-refractivity contribution is 7.16. The van der Waals surface area contributed by atoms with Crippen LogP contribution < -0.4 is 4.74 Å². The van der Waals surface area contributed by atoms with Crippen LogP contribution >= 0.6 is 11.3 Å². The molecule has 6 heteroatoms. The van der Waals surface area contributed by atoms with Crippen LogP contribution in [0.1, 0.15) is 42.3 Å². The number of hydrogen-bond acceptors (Lipinski definition) is 5. The molecule has 5 nitrogen and oxygen atoms in total. The maximum atomic E-state index is 11.2. The van der Waals surface area contributed by atoms with E-state index in [9.17, 15) is 14.9 Å². The van der Waals surface area contributed by atoms with Gasteiger partial charge in [-0.2, -0.15) is 0 Å². The van der Waals surface area contributed by atoms with E-state index in [-0.39, 0.29) is 16.5 Å². The minimum atomic E-state index is -0.498. The Bertz CT molecular complexity index is 465. The van der Waals surface area contributed by atoms with E-state index in [2.05, 4.69) is 0 Å². The number of rotatable bonds is 6. The number of Topliss-reactive ketones (excluding diaryl/α,β-unsaturated/α-hetero) is 1. The Hall–Kier alpha value is -1.43. The van der Waals surface area contributed by atoms with Crippen LogP contribution in [0.5, 0.6) is 5.06 Å². The molecule has 0 bridgehead atoms. The van der Waals surface area contributed by atoms with Crippen LogP contribution in [-0.2, 0) is 0 Å². The van der Waals surface area contributed by atoms with Gasteiger partial charge in [-0.1, -0.05) is 30.6 Å². The van der Waals surface area contributed by atoms with Crippen LogP contribution in [0, 0.1) is 16.0 Å². The Morgan fingerprint density at radius 2 is 2.33 bits per heavy atom. The van der Waals surface area contributed by atoms with Crippen molar-refractivity contribution in [1.29, 1.82) is 0 Å². The van der Waals surface area contributed by atoms with E-state index >= 15 is 0 Å². The third-order valence-corrected chi connectivity index (χ3v) is 4.34. The summed E-state index contributed by atoms with van der Waals surface area (Å²) in [6, 6.07) is 1.30. The number of carbonyl (C=O) groups is 1. The summed E-state index contributed by atoms with van der Waals surface area (Å²) in [5.74, 6) is 0.535. The van der Waals surface area contributed by atoms with Crippen molar-refractivity contribution in [3.8, 4) is 5.06 Å². The molecule has 1 aliphatic rings. The molecule has 0 unspecified atom stereocenters. The molecule has 98 valence electrons. The van der Waals surface area contributed by atoms with Crippen molar-refractivity contribution in [3.05, 3.63) is 21.1 Å². The van der Waals surface area contributed by atoms with E-state index in [0.29, 0.717) is 17.4 Å². The fourth-order valence-corrected chi connectivity index (χ4v) is 2.76. The van der Waals surface area contributed by atoms with Gasteiger partial charge in [0.1, 0.15) is 0 Å². The monoisotopic (exact) mass is 269 g/mol. The van der Waals surface area contributed by atoms with E-state index < -0.39 is 4.92 Å². The van der Waals surface area contributed by atoms with Crippen LogP contribution in [0.3, 0.4) is 0 Å². The molecule has 0 saturated heterocycles. The lowest BCUT2D eigenvalue weighted by Gasteiger charge is -2.24. The smallest absolute Gasteiger partial charge is 0.323 e. The molecule has 0 atom stereocenters. The summed E-state index contributed by atoms with van der Waals surface area (Å²) in [6.07, 6.45) is 4.67. The minimum absolute atomic E-state index is 0.0983. The molecule has 1 aromatic rings. The van der Waals surface area contributed by atoms with E-state index in [1.165, 1.54) is 32.3 Å². The van der Waals surface area contributed by atoms with Gasteiger partial charge in [-0.25, -0.2) is 0 Å². The highest BCUT2D eigenvalue weighted by atomic mass is 32.1. The number of nitro groups is 1.